The Kier molecular flexibility index (Phi) is 4.09. The molecule has 0 saturated carbocycles. The van der Waals surface area contributed by atoms with E-state index in [1.54, 1.807) is 6.92 Å². The van der Waals surface area contributed by atoms with Gasteiger partial charge in [-0.1, -0.05) is 0 Å². The zero-order chi connectivity index (χ0) is 14.5. The van der Waals surface area contributed by atoms with Crippen LogP contribution in [0.1, 0.15) is 17.4 Å². The maximum absolute atomic E-state index is 13.6. The molecule has 1 aromatic carbocycles. The predicted octanol–water partition coefficient (Wildman–Crippen LogP) is 1.85. The molecular formula is C13H13FN4O2. The molecule has 0 bridgehead atoms. The lowest BCUT2D eigenvalue weighted by molar-refractivity contribution is 0.102. The normalized spacial score (nSPS) is 10.1. The summed E-state index contributed by atoms with van der Waals surface area (Å²) in [4.78, 5) is 19.4. The first-order chi connectivity index (χ1) is 9.60. The van der Waals surface area contributed by atoms with E-state index in [0.29, 0.717) is 12.3 Å². The monoisotopic (exact) mass is 276 g/mol. The zero-order valence-electron chi connectivity index (χ0n) is 10.8. The van der Waals surface area contributed by atoms with Gasteiger partial charge in [-0.3, -0.25) is 4.79 Å². The van der Waals surface area contributed by atoms with Crippen molar-refractivity contribution in [2.24, 2.45) is 0 Å². The highest BCUT2D eigenvalue weighted by molar-refractivity contribution is 6.02. The average Bonchev–Trinajstić information content (AvgIpc) is 2.42. The lowest BCUT2D eigenvalue weighted by atomic mass is 10.2. The summed E-state index contributed by atoms with van der Waals surface area (Å²) in [6.07, 6.45) is 2.52. The maximum atomic E-state index is 13.6. The second-order valence-corrected chi connectivity index (χ2v) is 3.86. The van der Waals surface area contributed by atoms with Crippen molar-refractivity contribution in [3.63, 3.8) is 0 Å². The number of anilines is 2. The van der Waals surface area contributed by atoms with Crippen LogP contribution in [-0.2, 0) is 0 Å². The molecule has 2 rings (SSSR count). The van der Waals surface area contributed by atoms with Crippen molar-refractivity contribution in [1.82, 2.24) is 9.97 Å². The quantitative estimate of drug-likeness (QED) is 0.889. The smallest absolute Gasteiger partial charge is 0.275 e. The highest BCUT2D eigenvalue weighted by Gasteiger charge is 2.10. The molecule has 1 heterocycles. The number of rotatable bonds is 4. The highest BCUT2D eigenvalue weighted by atomic mass is 19.1. The molecule has 0 atom stereocenters. The molecular weight excluding hydrogens is 263 g/mol. The minimum Gasteiger partial charge on any atom is -0.491 e. The fourth-order valence-corrected chi connectivity index (χ4v) is 1.50. The third-order valence-corrected chi connectivity index (χ3v) is 2.39. The fraction of sp³-hybridized carbons (Fsp3) is 0.154. The van der Waals surface area contributed by atoms with Gasteiger partial charge in [0.25, 0.3) is 5.91 Å². The van der Waals surface area contributed by atoms with E-state index in [0.717, 1.165) is 0 Å². The first-order valence-electron chi connectivity index (χ1n) is 5.91. The maximum Gasteiger partial charge on any atom is 0.275 e. The van der Waals surface area contributed by atoms with Crippen molar-refractivity contribution in [2.45, 2.75) is 6.92 Å². The Morgan fingerprint density at radius 1 is 1.40 bits per heavy atom. The SMILES string of the molecule is CCOc1ccc(NC(=O)c2cnc(N)cn2)cc1F. The van der Waals surface area contributed by atoms with Crippen LogP contribution >= 0.6 is 0 Å². The number of hydrogen-bond acceptors (Lipinski definition) is 5. The van der Waals surface area contributed by atoms with Gasteiger partial charge in [0.05, 0.1) is 19.0 Å². The van der Waals surface area contributed by atoms with Crippen LogP contribution in [0, 0.1) is 5.82 Å². The molecule has 0 aliphatic rings. The van der Waals surface area contributed by atoms with E-state index in [1.807, 2.05) is 0 Å². The number of halogens is 1. The number of nitrogens with zero attached hydrogens (tertiary/aromatic N) is 2. The van der Waals surface area contributed by atoms with E-state index in [1.165, 1.54) is 30.6 Å². The van der Waals surface area contributed by atoms with Crippen LogP contribution in [0.15, 0.2) is 30.6 Å². The molecule has 0 unspecified atom stereocenters. The van der Waals surface area contributed by atoms with Crippen LogP contribution in [0.4, 0.5) is 15.9 Å². The number of nitrogens with two attached hydrogens (primary N) is 1. The van der Waals surface area contributed by atoms with E-state index < -0.39 is 11.7 Å². The lowest BCUT2D eigenvalue weighted by Crippen LogP contribution is -2.14. The fourth-order valence-electron chi connectivity index (χ4n) is 1.50. The third kappa shape index (κ3) is 3.19. The highest BCUT2D eigenvalue weighted by Crippen LogP contribution is 2.21. The van der Waals surface area contributed by atoms with Crippen molar-refractivity contribution in [1.29, 1.82) is 0 Å². The molecule has 6 nitrogen and oxygen atoms in total. The first kappa shape index (κ1) is 13.7. The summed E-state index contributed by atoms with van der Waals surface area (Å²) in [6.45, 7) is 2.12. The van der Waals surface area contributed by atoms with Gasteiger partial charge in [0.2, 0.25) is 0 Å². The second kappa shape index (κ2) is 5.96. The second-order valence-electron chi connectivity index (χ2n) is 3.86. The number of carbonyl (C=O) groups excluding carboxylic acids is 1. The first-order valence-corrected chi connectivity index (χ1v) is 5.91. The Balaban J connectivity index is 2.11. The number of benzene rings is 1. The van der Waals surface area contributed by atoms with Crippen molar-refractivity contribution < 1.29 is 13.9 Å². The van der Waals surface area contributed by atoms with E-state index in [2.05, 4.69) is 15.3 Å². The molecule has 0 aliphatic carbocycles. The van der Waals surface area contributed by atoms with Crippen LogP contribution in [0.3, 0.4) is 0 Å². The largest absolute Gasteiger partial charge is 0.491 e. The summed E-state index contributed by atoms with van der Waals surface area (Å²) in [5, 5.41) is 2.51. The Hall–Kier alpha value is -2.70. The Morgan fingerprint density at radius 3 is 2.80 bits per heavy atom. The van der Waals surface area contributed by atoms with Gasteiger partial charge in [-0.25, -0.2) is 14.4 Å². The molecule has 0 radical (unpaired) electrons. The van der Waals surface area contributed by atoms with Crippen LogP contribution in [0.25, 0.3) is 0 Å². The third-order valence-electron chi connectivity index (χ3n) is 2.39. The number of carbonyl (C=O) groups is 1. The molecule has 3 N–H and O–H groups in total. The topological polar surface area (TPSA) is 90.1 Å². The van der Waals surface area contributed by atoms with Crippen LogP contribution in [-0.4, -0.2) is 22.5 Å². The molecule has 0 saturated heterocycles. The number of nitrogens with one attached hydrogen (secondary N) is 1. The van der Waals surface area contributed by atoms with Gasteiger partial charge in [-0.05, 0) is 19.1 Å². The van der Waals surface area contributed by atoms with Crippen molar-refractivity contribution in [2.75, 3.05) is 17.7 Å². The number of ether oxygens (including phenoxy) is 1. The van der Waals surface area contributed by atoms with E-state index in [9.17, 15) is 9.18 Å². The minimum absolute atomic E-state index is 0.0912. The van der Waals surface area contributed by atoms with Gasteiger partial charge in [0, 0.05) is 11.8 Å². The van der Waals surface area contributed by atoms with Crippen LogP contribution in [0.2, 0.25) is 0 Å². The van der Waals surface area contributed by atoms with Crippen molar-refractivity contribution in [3.05, 3.63) is 42.1 Å². The molecule has 1 aromatic heterocycles. The van der Waals surface area contributed by atoms with Crippen LogP contribution in [0.5, 0.6) is 5.75 Å². The van der Waals surface area contributed by atoms with Gasteiger partial charge in [0.15, 0.2) is 11.6 Å². The number of hydrogen-bond donors (Lipinski definition) is 2. The summed E-state index contributed by atoms with van der Waals surface area (Å²) < 4.78 is 18.7. The van der Waals surface area contributed by atoms with Crippen molar-refractivity contribution in [3.8, 4) is 5.75 Å². The van der Waals surface area contributed by atoms with Gasteiger partial charge >= 0.3 is 0 Å². The van der Waals surface area contributed by atoms with Crippen LogP contribution < -0.4 is 15.8 Å². The predicted molar refractivity (Wildman–Crippen MR) is 72.0 cm³/mol. The molecule has 1 amide bonds. The number of nitrogen functional groups attached to an aromatic ring is 1. The molecule has 7 heteroatoms. The minimum atomic E-state index is -0.548. The van der Waals surface area contributed by atoms with Crippen molar-refractivity contribution >= 4 is 17.4 Å². The lowest BCUT2D eigenvalue weighted by Gasteiger charge is -2.08. The summed E-state index contributed by atoms with van der Waals surface area (Å²) >= 11 is 0. The zero-order valence-corrected chi connectivity index (χ0v) is 10.8. The van der Waals surface area contributed by atoms with Gasteiger partial charge in [-0.2, -0.15) is 0 Å². The summed E-state index contributed by atoms with van der Waals surface area (Å²) in [5.41, 5.74) is 5.77. The van der Waals surface area contributed by atoms with Gasteiger partial charge < -0.3 is 15.8 Å². The number of amides is 1. The van der Waals surface area contributed by atoms with E-state index in [-0.39, 0.29) is 17.3 Å². The van der Waals surface area contributed by atoms with Gasteiger partial charge in [0.1, 0.15) is 11.5 Å². The average molecular weight is 276 g/mol. The standard InChI is InChI=1S/C13H13FN4O2/c1-2-20-11-4-3-8(5-9(11)14)18-13(19)10-6-17-12(15)7-16-10/h3-7H,2H2,1H3,(H2,15,17)(H,18,19). The molecule has 2 aromatic rings. The van der Waals surface area contributed by atoms with E-state index in [4.69, 9.17) is 10.5 Å². The summed E-state index contributed by atoms with van der Waals surface area (Å²) in [5.74, 6) is -0.694. The van der Waals surface area contributed by atoms with Gasteiger partial charge in [-0.15, -0.1) is 0 Å². The Bertz CT molecular complexity index is 616. The molecule has 104 valence electrons. The molecule has 20 heavy (non-hydrogen) atoms. The Labute approximate surface area is 114 Å². The molecule has 0 fully saturated rings. The number of aromatic nitrogens is 2. The van der Waals surface area contributed by atoms with E-state index >= 15 is 0 Å². The molecule has 0 aliphatic heterocycles. The summed E-state index contributed by atoms with van der Waals surface area (Å²) in [6, 6.07) is 4.16. The Morgan fingerprint density at radius 2 is 2.20 bits per heavy atom. The molecule has 0 spiro atoms. The summed E-state index contributed by atoms with van der Waals surface area (Å²) in [7, 11) is 0.